The van der Waals surface area contributed by atoms with Gasteiger partial charge in [0, 0.05) is 30.1 Å². The van der Waals surface area contributed by atoms with Crippen LogP contribution in [0.3, 0.4) is 0 Å². The fraction of sp³-hybridized carbons (Fsp3) is 0.130. The molecule has 2 aromatic carbocycles. The topological polar surface area (TPSA) is 104 Å². The molecule has 3 aromatic heterocycles. The molecule has 0 amide bonds. The number of pyridine rings is 1. The van der Waals surface area contributed by atoms with Crippen LogP contribution in [0.1, 0.15) is 6.42 Å². The zero-order valence-corrected chi connectivity index (χ0v) is 16.8. The standard InChI is InChI=1S/C23H17N5O4/c29-16-5-3-15(4-6-16)27-9-8-18-17(22(27)30)13-24-23-25-21(26-28(18)23)14-2-7-19-20(12-14)32-11-1-10-31-19/h2-9,12-13,29H,1,10-11H2. The lowest BCUT2D eigenvalue weighted by Gasteiger charge is -2.08. The van der Waals surface area contributed by atoms with Gasteiger partial charge < -0.3 is 14.6 Å². The van der Waals surface area contributed by atoms with Gasteiger partial charge in [-0.15, -0.1) is 5.10 Å². The average molecular weight is 427 g/mol. The van der Waals surface area contributed by atoms with Gasteiger partial charge in [0.25, 0.3) is 11.3 Å². The van der Waals surface area contributed by atoms with Gasteiger partial charge in [-0.05, 0) is 48.5 Å². The Morgan fingerprint density at radius 1 is 0.969 bits per heavy atom. The number of hydrogen-bond acceptors (Lipinski definition) is 7. The summed E-state index contributed by atoms with van der Waals surface area (Å²) in [6, 6.07) is 13.8. The van der Waals surface area contributed by atoms with Crippen molar-refractivity contribution >= 4 is 16.7 Å². The molecule has 0 fully saturated rings. The fourth-order valence-electron chi connectivity index (χ4n) is 3.76. The number of phenolic OH excluding ortho intramolecular Hbond substituents is 1. The van der Waals surface area contributed by atoms with Gasteiger partial charge >= 0.3 is 0 Å². The maximum Gasteiger partial charge on any atom is 0.266 e. The number of hydrogen-bond donors (Lipinski definition) is 1. The van der Waals surface area contributed by atoms with Crippen LogP contribution in [0.2, 0.25) is 0 Å². The lowest BCUT2D eigenvalue weighted by atomic mass is 10.2. The van der Waals surface area contributed by atoms with E-state index in [1.54, 1.807) is 28.9 Å². The first-order valence-electron chi connectivity index (χ1n) is 10.1. The van der Waals surface area contributed by atoms with E-state index >= 15 is 0 Å². The van der Waals surface area contributed by atoms with Crippen molar-refractivity contribution in [2.24, 2.45) is 0 Å². The molecule has 1 aliphatic rings. The van der Waals surface area contributed by atoms with Gasteiger partial charge in [0.2, 0.25) is 0 Å². The SMILES string of the molecule is O=c1c2cnc3nc(-c4ccc5c(c4)OCCCO5)nn3c2ccn1-c1ccc(O)cc1. The lowest BCUT2D eigenvalue weighted by Crippen LogP contribution is -2.18. The summed E-state index contributed by atoms with van der Waals surface area (Å²) < 4.78 is 14.5. The van der Waals surface area contributed by atoms with E-state index < -0.39 is 0 Å². The third kappa shape index (κ3) is 2.94. The second-order valence-electron chi connectivity index (χ2n) is 7.42. The first-order valence-corrected chi connectivity index (χ1v) is 10.1. The van der Waals surface area contributed by atoms with Gasteiger partial charge in [-0.25, -0.2) is 4.98 Å². The molecule has 9 heteroatoms. The molecule has 9 nitrogen and oxygen atoms in total. The molecule has 0 saturated carbocycles. The molecule has 4 heterocycles. The van der Waals surface area contributed by atoms with Crippen LogP contribution < -0.4 is 15.0 Å². The van der Waals surface area contributed by atoms with Crippen LogP contribution >= 0.6 is 0 Å². The number of phenols is 1. The summed E-state index contributed by atoms with van der Waals surface area (Å²) >= 11 is 0. The monoisotopic (exact) mass is 427 g/mol. The molecule has 5 aromatic rings. The minimum absolute atomic E-state index is 0.135. The molecular weight excluding hydrogens is 410 g/mol. The van der Waals surface area contributed by atoms with Crippen LogP contribution in [-0.4, -0.2) is 42.5 Å². The molecule has 158 valence electrons. The van der Waals surface area contributed by atoms with Crippen molar-refractivity contribution in [2.75, 3.05) is 13.2 Å². The zero-order chi connectivity index (χ0) is 21.7. The Balaban J connectivity index is 1.47. The van der Waals surface area contributed by atoms with E-state index in [0.717, 1.165) is 12.0 Å². The van der Waals surface area contributed by atoms with Crippen molar-refractivity contribution in [1.82, 2.24) is 24.1 Å². The van der Waals surface area contributed by atoms with E-state index in [1.165, 1.54) is 22.9 Å². The molecular formula is C23H17N5O4. The molecule has 1 aliphatic heterocycles. The van der Waals surface area contributed by atoms with Gasteiger partial charge in [0.15, 0.2) is 17.3 Å². The van der Waals surface area contributed by atoms with Crippen molar-refractivity contribution in [3.8, 4) is 34.3 Å². The van der Waals surface area contributed by atoms with Gasteiger partial charge in [-0.1, -0.05) is 0 Å². The van der Waals surface area contributed by atoms with Crippen molar-refractivity contribution < 1.29 is 14.6 Å². The smallest absolute Gasteiger partial charge is 0.266 e. The van der Waals surface area contributed by atoms with Crippen LogP contribution in [0, 0.1) is 0 Å². The van der Waals surface area contributed by atoms with Crippen molar-refractivity contribution in [1.29, 1.82) is 0 Å². The number of benzene rings is 2. The highest BCUT2D eigenvalue weighted by atomic mass is 16.5. The van der Waals surface area contributed by atoms with E-state index in [4.69, 9.17) is 9.47 Å². The summed E-state index contributed by atoms with van der Waals surface area (Å²) in [5, 5.41) is 14.5. The van der Waals surface area contributed by atoms with E-state index in [9.17, 15) is 9.90 Å². The summed E-state index contributed by atoms with van der Waals surface area (Å²) in [4.78, 5) is 22.0. The zero-order valence-electron chi connectivity index (χ0n) is 16.8. The Kier molecular flexibility index (Phi) is 4.07. The highest BCUT2D eigenvalue weighted by Gasteiger charge is 2.16. The Hall–Kier alpha value is -4.40. The number of aromatic nitrogens is 5. The Labute approximate surface area is 181 Å². The van der Waals surface area contributed by atoms with E-state index in [0.29, 0.717) is 52.9 Å². The molecule has 0 spiro atoms. The molecule has 0 aliphatic carbocycles. The molecule has 0 radical (unpaired) electrons. The lowest BCUT2D eigenvalue weighted by molar-refractivity contribution is 0.297. The molecule has 32 heavy (non-hydrogen) atoms. The largest absolute Gasteiger partial charge is 0.508 e. The third-order valence-electron chi connectivity index (χ3n) is 5.37. The predicted octanol–water partition coefficient (Wildman–Crippen LogP) is 2.96. The second kappa shape index (κ2) is 7.09. The van der Waals surface area contributed by atoms with Crippen molar-refractivity contribution in [3.63, 3.8) is 0 Å². The summed E-state index contributed by atoms with van der Waals surface area (Å²) in [5.74, 6) is 2.36. The summed E-state index contributed by atoms with van der Waals surface area (Å²) in [6.45, 7) is 1.21. The number of aromatic hydroxyl groups is 1. The Bertz CT molecular complexity index is 1540. The molecule has 0 saturated heterocycles. The quantitative estimate of drug-likeness (QED) is 0.462. The average Bonchev–Trinajstić information content (AvgIpc) is 3.12. The normalized spacial score (nSPS) is 13.4. The molecule has 1 N–H and O–H groups in total. The number of ether oxygens (including phenoxy) is 2. The van der Waals surface area contributed by atoms with Crippen LogP contribution in [0.15, 0.2) is 65.7 Å². The fourth-order valence-corrected chi connectivity index (χ4v) is 3.76. The summed E-state index contributed by atoms with van der Waals surface area (Å²) in [5.41, 5.74) is 1.77. The Morgan fingerprint density at radius 3 is 2.62 bits per heavy atom. The van der Waals surface area contributed by atoms with Gasteiger partial charge in [0.05, 0.1) is 24.1 Å². The number of rotatable bonds is 2. The summed E-state index contributed by atoms with van der Waals surface area (Å²) in [7, 11) is 0. The van der Waals surface area contributed by atoms with Crippen LogP contribution in [-0.2, 0) is 0 Å². The van der Waals surface area contributed by atoms with Gasteiger partial charge in [-0.3, -0.25) is 9.36 Å². The maximum absolute atomic E-state index is 13.1. The molecule has 0 atom stereocenters. The maximum atomic E-state index is 13.1. The second-order valence-corrected chi connectivity index (χ2v) is 7.42. The highest BCUT2D eigenvalue weighted by molar-refractivity contribution is 5.79. The minimum Gasteiger partial charge on any atom is -0.508 e. The molecule has 0 bridgehead atoms. The minimum atomic E-state index is -0.241. The van der Waals surface area contributed by atoms with E-state index in [1.807, 2.05) is 18.2 Å². The summed E-state index contributed by atoms with van der Waals surface area (Å²) in [6.07, 6.45) is 4.01. The van der Waals surface area contributed by atoms with Crippen LogP contribution in [0.25, 0.3) is 33.8 Å². The highest BCUT2D eigenvalue weighted by Crippen LogP contribution is 2.33. The predicted molar refractivity (Wildman–Crippen MR) is 117 cm³/mol. The van der Waals surface area contributed by atoms with Gasteiger partial charge in [-0.2, -0.15) is 9.50 Å². The Morgan fingerprint density at radius 2 is 1.78 bits per heavy atom. The van der Waals surface area contributed by atoms with Gasteiger partial charge in [0.1, 0.15) is 5.75 Å². The molecule has 6 rings (SSSR count). The first kappa shape index (κ1) is 18.4. The van der Waals surface area contributed by atoms with E-state index in [2.05, 4.69) is 15.1 Å². The number of fused-ring (bicyclic) bond motifs is 4. The van der Waals surface area contributed by atoms with Crippen LogP contribution in [0.4, 0.5) is 0 Å². The van der Waals surface area contributed by atoms with E-state index in [-0.39, 0.29) is 11.3 Å². The third-order valence-corrected chi connectivity index (χ3v) is 5.37. The van der Waals surface area contributed by atoms with Crippen LogP contribution in [0.5, 0.6) is 17.2 Å². The van der Waals surface area contributed by atoms with Crippen molar-refractivity contribution in [3.05, 3.63) is 71.3 Å². The first-order chi connectivity index (χ1) is 15.7. The van der Waals surface area contributed by atoms with Crippen molar-refractivity contribution in [2.45, 2.75) is 6.42 Å². The molecule has 0 unspecified atom stereocenters. The number of nitrogens with zero attached hydrogens (tertiary/aromatic N) is 5.